The number of carbonyl (C=O) groups excluding carboxylic acids is 1. The molecular weight excluding hydrogens is 256 g/mol. The molecule has 0 radical (unpaired) electrons. The number of aliphatic hydroxyl groups is 1. The second-order valence-corrected chi connectivity index (χ2v) is 5.54. The number of hydrogen-bond donors (Lipinski definition) is 2. The number of thioether (sulfide) groups is 1. The van der Waals surface area contributed by atoms with Gasteiger partial charge in [-0.3, -0.25) is 9.69 Å². The fourth-order valence-electron chi connectivity index (χ4n) is 2.05. The van der Waals surface area contributed by atoms with Gasteiger partial charge in [0.2, 0.25) is 0 Å². The number of carboxylic acid groups (broad SMARTS) is 1. The molecule has 0 aromatic rings. The van der Waals surface area contributed by atoms with Crippen LogP contribution in [0.2, 0.25) is 0 Å². The molecule has 2 N–H and O–H groups in total. The molecule has 0 aromatic carbocycles. The first-order valence-corrected chi connectivity index (χ1v) is 7.00. The summed E-state index contributed by atoms with van der Waals surface area (Å²) in [6.07, 6.45) is 0. The predicted octanol–water partition coefficient (Wildman–Crippen LogP) is -0.226. The summed E-state index contributed by atoms with van der Waals surface area (Å²) in [7, 11) is 0. The lowest BCUT2D eigenvalue weighted by Gasteiger charge is -2.28. The van der Waals surface area contributed by atoms with E-state index in [-0.39, 0.29) is 12.1 Å². The molecule has 0 bridgehead atoms. The molecule has 1 fully saturated rings. The summed E-state index contributed by atoms with van der Waals surface area (Å²) >= 11 is 1.91. The molecule has 0 spiro atoms. The third kappa shape index (κ3) is 2.78. The Labute approximate surface area is 109 Å². The Kier molecular flexibility index (Phi) is 4.13. The number of carboxylic acids is 1. The summed E-state index contributed by atoms with van der Waals surface area (Å²) in [5.41, 5.74) is -0.200. The molecule has 0 aromatic heterocycles. The maximum absolute atomic E-state index is 11.6. The summed E-state index contributed by atoms with van der Waals surface area (Å²) in [6, 6.07) is 0. The molecule has 6 nitrogen and oxygen atoms in total. The predicted molar refractivity (Wildman–Crippen MR) is 67.6 cm³/mol. The van der Waals surface area contributed by atoms with Crippen LogP contribution in [0.25, 0.3) is 0 Å². The van der Waals surface area contributed by atoms with Crippen LogP contribution in [0.15, 0.2) is 11.3 Å². The van der Waals surface area contributed by atoms with Gasteiger partial charge >= 0.3 is 5.97 Å². The van der Waals surface area contributed by atoms with Crippen molar-refractivity contribution in [3.05, 3.63) is 11.3 Å². The van der Waals surface area contributed by atoms with Gasteiger partial charge in [0, 0.05) is 37.7 Å². The van der Waals surface area contributed by atoms with Gasteiger partial charge in [-0.05, 0) is 0 Å². The maximum Gasteiger partial charge on any atom is 0.337 e. The Bertz CT molecular complexity index is 391. The molecule has 7 heteroatoms. The lowest BCUT2D eigenvalue weighted by molar-refractivity contribution is -0.133. The lowest BCUT2D eigenvalue weighted by atomic mass is 10.3. The van der Waals surface area contributed by atoms with Gasteiger partial charge in [-0.2, -0.15) is 11.8 Å². The first kappa shape index (κ1) is 13.2. The summed E-state index contributed by atoms with van der Waals surface area (Å²) in [4.78, 5) is 26.1. The van der Waals surface area contributed by atoms with Crippen molar-refractivity contribution in [2.24, 2.45) is 0 Å². The van der Waals surface area contributed by atoms with E-state index in [1.807, 2.05) is 11.8 Å². The normalized spacial score (nSPS) is 21.8. The highest BCUT2D eigenvalue weighted by atomic mass is 32.2. The fraction of sp³-hybridized carbons (Fsp3) is 0.636. The highest BCUT2D eigenvalue weighted by molar-refractivity contribution is 7.99. The van der Waals surface area contributed by atoms with Crippen molar-refractivity contribution in [3.8, 4) is 0 Å². The van der Waals surface area contributed by atoms with Gasteiger partial charge in [-0.15, -0.1) is 0 Å². The molecule has 0 aliphatic carbocycles. The first-order chi connectivity index (χ1) is 8.59. The molecule has 18 heavy (non-hydrogen) atoms. The van der Waals surface area contributed by atoms with Crippen molar-refractivity contribution < 1.29 is 19.8 Å². The summed E-state index contributed by atoms with van der Waals surface area (Å²) < 4.78 is 0. The molecule has 2 aliphatic rings. The van der Waals surface area contributed by atoms with Crippen LogP contribution in [0.1, 0.15) is 0 Å². The third-order valence-electron chi connectivity index (χ3n) is 3.17. The minimum Gasteiger partial charge on any atom is -0.503 e. The molecular formula is C11H16N2O4S. The molecule has 1 amide bonds. The number of hydrogen-bond acceptors (Lipinski definition) is 5. The second kappa shape index (κ2) is 5.62. The number of aliphatic carboxylic acids is 1. The molecule has 2 rings (SSSR count). The van der Waals surface area contributed by atoms with Gasteiger partial charge in [0.05, 0.1) is 6.54 Å². The SMILES string of the molecule is O=C(O)C1=C(O)C(=O)N(CCN2CCSCC2)C1. The van der Waals surface area contributed by atoms with Crippen LogP contribution >= 0.6 is 11.8 Å². The van der Waals surface area contributed by atoms with Crippen molar-refractivity contribution in [2.75, 3.05) is 44.2 Å². The minimum absolute atomic E-state index is 0.00257. The molecule has 2 aliphatic heterocycles. The van der Waals surface area contributed by atoms with Crippen LogP contribution in [0.3, 0.4) is 0 Å². The van der Waals surface area contributed by atoms with Gasteiger partial charge in [0.25, 0.3) is 5.91 Å². The van der Waals surface area contributed by atoms with Gasteiger partial charge < -0.3 is 15.1 Å². The third-order valence-corrected chi connectivity index (χ3v) is 4.12. The quantitative estimate of drug-likeness (QED) is 0.736. The van der Waals surface area contributed by atoms with E-state index in [0.717, 1.165) is 31.1 Å². The second-order valence-electron chi connectivity index (χ2n) is 4.31. The van der Waals surface area contributed by atoms with Crippen molar-refractivity contribution in [1.29, 1.82) is 0 Å². The summed E-state index contributed by atoms with van der Waals surface area (Å²) in [5.74, 6) is -0.219. The fourth-order valence-corrected chi connectivity index (χ4v) is 3.03. The standard InChI is InChI=1S/C11H16N2O4S/c14-9-8(11(16)17)7-13(10(9)15)2-1-12-3-5-18-6-4-12/h14H,1-7H2,(H,16,17). The highest BCUT2D eigenvalue weighted by Crippen LogP contribution is 2.17. The Morgan fingerprint density at radius 3 is 2.50 bits per heavy atom. The number of carbonyl (C=O) groups is 2. The van der Waals surface area contributed by atoms with E-state index < -0.39 is 17.6 Å². The van der Waals surface area contributed by atoms with Crippen molar-refractivity contribution in [2.45, 2.75) is 0 Å². The van der Waals surface area contributed by atoms with Crippen LogP contribution in [-0.2, 0) is 9.59 Å². The van der Waals surface area contributed by atoms with E-state index in [1.165, 1.54) is 4.90 Å². The monoisotopic (exact) mass is 272 g/mol. The Balaban J connectivity index is 1.85. The van der Waals surface area contributed by atoms with E-state index in [1.54, 1.807) is 0 Å². The first-order valence-electron chi connectivity index (χ1n) is 5.84. The number of aliphatic hydroxyl groups excluding tert-OH is 1. The van der Waals surface area contributed by atoms with Gasteiger partial charge in [-0.25, -0.2) is 4.79 Å². The van der Waals surface area contributed by atoms with Gasteiger partial charge in [0.15, 0.2) is 5.76 Å². The average molecular weight is 272 g/mol. The zero-order chi connectivity index (χ0) is 13.1. The van der Waals surface area contributed by atoms with Crippen molar-refractivity contribution >= 4 is 23.6 Å². The van der Waals surface area contributed by atoms with Crippen LogP contribution in [0, 0.1) is 0 Å². The largest absolute Gasteiger partial charge is 0.503 e. The summed E-state index contributed by atoms with van der Waals surface area (Å²) in [6.45, 7) is 3.19. The lowest BCUT2D eigenvalue weighted by Crippen LogP contribution is -2.40. The van der Waals surface area contributed by atoms with Crippen LogP contribution in [0.4, 0.5) is 0 Å². The zero-order valence-electron chi connectivity index (χ0n) is 9.96. The average Bonchev–Trinajstić information content (AvgIpc) is 2.65. The van der Waals surface area contributed by atoms with E-state index in [0.29, 0.717) is 6.54 Å². The topological polar surface area (TPSA) is 81.1 Å². The molecule has 0 saturated carbocycles. The minimum atomic E-state index is -1.22. The number of amides is 1. The molecule has 0 atom stereocenters. The van der Waals surface area contributed by atoms with Crippen LogP contribution in [-0.4, -0.2) is 76.1 Å². The smallest absolute Gasteiger partial charge is 0.337 e. The van der Waals surface area contributed by atoms with Gasteiger partial charge in [0.1, 0.15) is 5.57 Å². The highest BCUT2D eigenvalue weighted by Gasteiger charge is 2.33. The van der Waals surface area contributed by atoms with Crippen molar-refractivity contribution in [3.63, 3.8) is 0 Å². The molecule has 100 valence electrons. The van der Waals surface area contributed by atoms with Crippen LogP contribution < -0.4 is 0 Å². The Morgan fingerprint density at radius 1 is 1.28 bits per heavy atom. The number of rotatable bonds is 4. The van der Waals surface area contributed by atoms with Crippen LogP contribution in [0.5, 0.6) is 0 Å². The van der Waals surface area contributed by atoms with E-state index in [9.17, 15) is 14.7 Å². The van der Waals surface area contributed by atoms with E-state index in [2.05, 4.69) is 4.90 Å². The van der Waals surface area contributed by atoms with E-state index >= 15 is 0 Å². The Hall–Kier alpha value is -1.21. The van der Waals surface area contributed by atoms with Crippen molar-refractivity contribution in [1.82, 2.24) is 9.80 Å². The number of nitrogens with zero attached hydrogens (tertiary/aromatic N) is 2. The van der Waals surface area contributed by atoms with Gasteiger partial charge in [-0.1, -0.05) is 0 Å². The molecule has 1 saturated heterocycles. The molecule has 2 heterocycles. The van der Waals surface area contributed by atoms with E-state index in [4.69, 9.17) is 5.11 Å². The Morgan fingerprint density at radius 2 is 1.94 bits per heavy atom. The molecule has 0 unspecified atom stereocenters. The zero-order valence-corrected chi connectivity index (χ0v) is 10.8. The summed E-state index contributed by atoms with van der Waals surface area (Å²) in [5, 5.41) is 18.3. The maximum atomic E-state index is 11.6.